The Hall–Kier alpha value is -1.29. The number of methoxy groups -OCH3 is 1. The quantitative estimate of drug-likeness (QED) is 0.496. The van der Waals surface area contributed by atoms with Gasteiger partial charge in [-0.2, -0.15) is 0 Å². The topological polar surface area (TPSA) is 38.8 Å². The van der Waals surface area contributed by atoms with Crippen molar-refractivity contribution in [2.24, 2.45) is 5.92 Å². The first-order valence-corrected chi connectivity index (χ1v) is 5.43. The van der Waals surface area contributed by atoms with E-state index in [4.69, 9.17) is 9.47 Å². The van der Waals surface area contributed by atoms with Crippen molar-refractivity contribution < 1.29 is 14.3 Å². The summed E-state index contributed by atoms with van der Waals surface area (Å²) >= 11 is 0. The van der Waals surface area contributed by atoms with Gasteiger partial charge < -0.3 is 14.4 Å². The minimum Gasteiger partial charge on any atom is -0.466 e. The Kier molecular flexibility index (Phi) is 3.01. The minimum atomic E-state index is -0.260. The van der Waals surface area contributed by atoms with Crippen LogP contribution in [0.1, 0.15) is 12.8 Å². The van der Waals surface area contributed by atoms with Gasteiger partial charge in [-0.15, -0.1) is 0 Å². The largest absolute Gasteiger partial charge is 0.466 e. The fourth-order valence-electron chi connectivity index (χ4n) is 2.34. The molecular weight excluding hydrogens is 206 g/mol. The molecule has 0 aromatic carbocycles. The van der Waals surface area contributed by atoms with Crippen LogP contribution in [-0.4, -0.2) is 37.9 Å². The molecule has 88 valence electrons. The Balaban J connectivity index is 2.22. The SMILES string of the molecule is C=C1CCO[C@@H]2[C@H]1CC(C(=O)OC)=CN2C. The zero-order chi connectivity index (χ0) is 11.7. The molecule has 1 fully saturated rings. The highest BCUT2D eigenvalue weighted by Crippen LogP contribution is 2.35. The first-order chi connectivity index (χ1) is 7.63. The van der Waals surface area contributed by atoms with Crippen LogP contribution in [0.5, 0.6) is 0 Å². The molecule has 1 saturated heterocycles. The summed E-state index contributed by atoms with van der Waals surface area (Å²) in [4.78, 5) is 13.4. The number of hydrogen-bond acceptors (Lipinski definition) is 4. The molecule has 0 spiro atoms. The molecule has 0 aromatic heterocycles. The van der Waals surface area contributed by atoms with Crippen LogP contribution in [0.2, 0.25) is 0 Å². The van der Waals surface area contributed by atoms with E-state index in [-0.39, 0.29) is 18.1 Å². The monoisotopic (exact) mass is 223 g/mol. The summed E-state index contributed by atoms with van der Waals surface area (Å²) < 4.78 is 10.4. The maximum absolute atomic E-state index is 11.5. The van der Waals surface area contributed by atoms with Crippen molar-refractivity contribution in [3.63, 3.8) is 0 Å². The molecule has 2 heterocycles. The van der Waals surface area contributed by atoms with Gasteiger partial charge in [0.25, 0.3) is 0 Å². The van der Waals surface area contributed by atoms with Gasteiger partial charge in [0.1, 0.15) is 6.23 Å². The van der Waals surface area contributed by atoms with E-state index in [2.05, 4.69) is 6.58 Å². The van der Waals surface area contributed by atoms with E-state index in [1.165, 1.54) is 7.11 Å². The highest BCUT2D eigenvalue weighted by atomic mass is 16.5. The maximum atomic E-state index is 11.5. The Labute approximate surface area is 95.5 Å². The van der Waals surface area contributed by atoms with Crippen molar-refractivity contribution in [1.82, 2.24) is 4.90 Å². The highest BCUT2D eigenvalue weighted by molar-refractivity contribution is 5.88. The second-order valence-electron chi connectivity index (χ2n) is 4.29. The zero-order valence-corrected chi connectivity index (χ0v) is 9.73. The second kappa shape index (κ2) is 4.29. The van der Waals surface area contributed by atoms with Crippen LogP contribution < -0.4 is 0 Å². The molecule has 2 atom stereocenters. The van der Waals surface area contributed by atoms with Gasteiger partial charge in [0, 0.05) is 19.2 Å². The van der Waals surface area contributed by atoms with E-state index in [1.54, 1.807) is 0 Å². The van der Waals surface area contributed by atoms with E-state index >= 15 is 0 Å². The van der Waals surface area contributed by atoms with Gasteiger partial charge in [0.2, 0.25) is 0 Å². The van der Waals surface area contributed by atoms with Crippen LogP contribution in [0.3, 0.4) is 0 Å². The molecule has 2 aliphatic heterocycles. The predicted octanol–water partition coefficient (Wildman–Crippen LogP) is 1.30. The van der Waals surface area contributed by atoms with Gasteiger partial charge >= 0.3 is 5.97 Å². The van der Waals surface area contributed by atoms with E-state index in [9.17, 15) is 4.79 Å². The maximum Gasteiger partial charge on any atom is 0.335 e. The van der Waals surface area contributed by atoms with E-state index in [1.807, 2.05) is 18.1 Å². The van der Waals surface area contributed by atoms with Crippen LogP contribution in [-0.2, 0) is 14.3 Å². The molecule has 0 aliphatic carbocycles. The third kappa shape index (κ3) is 1.85. The van der Waals surface area contributed by atoms with Crippen LogP contribution in [0, 0.1) is 5.92 Å². The third-order valence-corrected chi connectivity index (χ3v) is 3.23. The second-order valence-corrected chi connectivity index (χ2v) is 4.29. The molecule has 0 saturated carbocycles. The van der Waals surface area contributed by atoms with Gasteiger partial charge in [0.15, 0.2) is 0 Å². The number of hydrogen-bond donors (Lipinski definition) is 0. The summed E-state index contributed by atoms with van der Waals surface area (Å²) in [6.45, 7) is 4.78. The lowest BCUT2D eigenvalue weighted by Crippen LogP contribution is -2.45. The number of nitrogens with zero attached hydrogens (tertiary/aromatic N) is 1. The van der Waals surface area contributed by atoms with Gasteiger partial charge in [-0.3, -0.25) is 0 Å². The Morgan fingerprint density at radius 1 is 1.69 bits per heavy atom. The van der Waals surface area contributed by atoms with E-state index < -0.39 is 0 Å². The number of rotatable bonds is 1. The van der Waals surface area contributed by atoms with E-state index in [0.717, 1.165) is 12.0 Å². The lowest BCUT2D eigenvalue weighted by Gasteiger charge is -2.42. The summed E-state index contributed by atoms with van der Waals surface area (Å²) in [5.74, 6) is -0.0541. The zero-order valence-electron chi connectivity index (χ0n) is 9.73. The van der Waals surface area contributed by atoms with Crippen molar-refractivity contribution in [3.8, 4) is 0 Å². The average Bonchev–Trinajstić information content (AvgIpc) is 2.29. The number of carbonyl (C=O) groups is 1. The fourth-order valence-corrected chi connectivity index (χ4v) is 2.34. The molecule has 0 aromatic rings. The van der Waals surface area contributed by atoms with Crippen molar-refractivity contribution in [2.75, 3.05) is 20.8 Å². The summed E-state index contributed by atoms with van der Waals surface area (Å²) in [5.41, 5.74) is 1.86. The first kappa shape index (κ1) is 11.2. The van der Waals surface area contributed by atoms with Crippen molar-refractivity contribution in [2.45, 2.75) is 19.1 Å². The van der Waals surface area contributed by atoms with Crippen LogP contribution in [0.25, 0.3) is 0 Å². The number of carbonyl (C=O) groups excluding carboxylic acids is 1. The fraction of sp³-hybridized carbons (Fsp3) is 0.583. The summed E-state index contributed by atoms with van der Waals surface area (Å²) in [6, 6.07) is 0. The summed E-state index contributed by atoms with van der Waals surface area (Å²) in [5, 5.41) is 0. The lowest BCUT2D eigenvalue weighted by atomic mass is 9.85. The van der Waals surface area contributed by atoms with Crippen molar-refractivity contribution >= 4 is 5.97 Å². The summed E-state index contributed by atoms with van der Waals surface area (Å²) in [7, 11) is 3.32. The van der Waals surface area contributed by atoms with Gasteiger partial charge in [-0.25, -0.2) is 4.79 Å². The molecule has 0 bridgehead atoms. The molecule has 0 amide bonds. The van der Waals surface area contributed by atoms with E-state index in [0.29, 0.717) is 18.6 Å². The standard InChI is InChI=1S/C12H17NO3/c1-8-4-5-16-11-10(8)6-9(7-13(11)2)12(14)15-3/h7,10-11H,1,4-6H2,2-3H3/t10-,11+/m0/s1. The normalized spacial score (nSPS) is 29.5. The molecule has 0 unspecified atom stereocenters. The molecule has 16 heavy (non-hydrogen) atoms. The Bertz CT molecular complexity index is 348. The third-order valence-electron chi connectivity index (χ3n) is 3.23. The average molecular weight is 223 g/mol. The minimum absolute atomic E-state index is 0.0228. The lowest BCUT2D eigenvalue weighted by molar-refractivity contribution is -0.138. The smallest absolute Gasteiger partial charge is 0.335 e. The molecule has 2 rings (SSSR count). The van der Waals surface area contributed by atoms with Gasteiger partial charge in [-0.1, -0.05) is 12.2 Å². The molecule has 0 N–H and O–H groups in total. The Morgan fingerprint density at radius 2 is 2.44 bits per heavy atom. The van der Waals surface area contributed by atoms with Crippen LogP contribution >= 0.6 is 0 Å². The number of esters is 1. The molecular formula is C12H17NO3. The van der Waals surface area contributed by atoms with Crippen LogP contribution in [0.15, 0.2) is 23.9 Å². The molecule has 4 nitrogen and oxygen atoms in total. The Morgan fingerprint density at radius 3 is 3.12 bits per heavy atom. The first-order valence-electron chi connectivity index (χ1n) is 5.43. The highest BCUT2D eigenvalue weighted by Gasteiger charge is 2.36. The van der Waals surface area contributed by atoms with Crippen molar-refractivity contribution in [3.05, 3.63) is 23.9 Å². The predicted molar refractivity (Wildman–Crippen MR) is 59.5 cm³/mol. The van der Waals surface area contributed by atoms with Gasteiger partial charge in [0.05, 0.1) is 19.3 Å². The number of fused-ring (bicyclic) bond motifs is 1. The van der Waals surface area contributed by atoms with Gasteiger partial charge in [-0.05, 0) is 12.8 Å². The molecule has 4 heteroatoms. The molecule has 0 radical (unpaired) electrons. The molecule has 2 aliphatic rings. The number of ether oxygens (including phenoxy) is 2. The van der Waals surface area contributed by atoms with Crippen molar-refractivity contribution in [1.29, 1.82) is 0 Å². The summed E-state index contributed by atoms with van der Waals surface area (Å²) in [6.07, 6.45) is 3.38. The van der Waals surface area contributed by atoms with Crippen LogP contribution in [0.4, 0.5) is 0 Å².